The van der Waals surface area contributed by atoms with Gasteiger partial charge in [-0.3, -0.25) is 14.5 Å². The number of hydrogen-bond acceptors (Lipinski definition) is 2. The average molecular weight is 357 g/mol. The number of aryl methyl sites for hydroxylation is 1. The summed E-state index contributed by atoms with van der Waals surface area (Å²) in [6, 6.07) is 8.24. The molecule has 142 valence electrons. The standard InChI is InChI=1S/C22H32N2O2/c1-17-11-13-20(14-12-17)24(18(2)25)22(15-7-4-8-16-22)21(26)23-19-9-5-3-6-10-19/h11-14,19H,3-10,15-16H2,1-2H3,(H,23,26). The predicted octanol–water partition coefficient (Wildman–Crippen LogP) is 4.50. The molecule has 0 heterocycles. The van der Waals surface area contributed by atoms with Crippen molar-refractivity contribution in [1.29, 1.82) is 0 Å². The van der Waals surface area contributed by atoms with Crippen LogP contribution in [0.5, 0.6) is 0 Å². The molecule has 1 aromatic rings. The fraction of sp³-hybridized carbons (Fsp3) is 0.636. The van der Waals surface area contributed by atoms with Gasteiger partial charge >= 0.3 is 0 Å². The van der Waals surface area contributed by atoms with Crippen molar-refractivity contribution in [2.45, 2.75) is 89.6 Å². The third-order valence-corrected chi connectivity index (χ3v) is 6.08. The van der Waals surface area contributed by atoms with Gasteiger partial charge in [0.1, 0.15) is 5.54 Å². The summed E-state index contributed by atoms with van der Waals surface area (Å²) in [5, 5.41) is 3.31. The largest absolute Gasteiger partial charge is 0.351 e. The van der Waals surface area contributed by atoms with Gasteiger partial charge in [-0.2, -0.15) is 0 Å². The molecule has 2 fully saturated rings. The summed E-state index contributed by atoms with van der Waals surface area (Å²) in [6.07, 6.45) is 10.4. The molecule has 1 aromatic carbocycles. The Morgan fingerprint density at radius 3 is 2.12 bits per heavy atom. The van der Waals surface area contributed by atoms with E-state index in [-0.39, 0.29) is 17.9 Å². The van der Waals surface area contributed by atoms with Crippen molar-refractivity contribution < 1.29 is 9.59 Å². The smallest absolute Gasteiger partial charge is 0.246 e. The van der Waals surface area contributed by atoms with Crippen LogP contribution in [0.15, 0.2) is 24.3 Å². The fourth-order valence-corrected chi connectivity index (χ4v) is 4.68. The number of hydrogen-bond donors (Lipinski definition) is 1. The third kappa shape index (κ3) is 3.94. The summed E-state index contributed by atoms with van der Waals surface area (Å²) in [7, 11) is 0. The van der Waals surface area contributed by atoms with Crippen LogP contribution in [0.3, 0.4) is 0 Å². The SMILES string of the molecule is CC(=O)N(c1ccc(C)cc1)C1(C(=O)NC2CCCCC2)CCCCC1. The summed E-state index contributed by atoms with van der Waals surface area (Å²) >= 11 is 0. The van der Waals surface area contributed by atoms with Gasteiger partial charge in [0.15, 0.2) is 0 Å². The van der Waals surface area contributed by atoms with Crippen molar-refractivity contribution in [2.75, 3.05) is 4.90 Å². The lowest BCUT2D eigenvalue weighted by Crippen LogP contribution is -2.63. The number of carbonyl (C=O) groups excluding carboxylic acids is 2. The topological polar surface area (TPSA) is 49.4 Å². The molecular formula is C22H32N2O2. The summed E-state index contributed by atoms with van der Waals surface area (Å²) in [5.41, 5.74) is 1.25. The Labute approximate surface area is 157 Å². The van der Waals surface area contributed by atoms with E-state index in [2.05, 4.69) is 5.32 Å². The molecule has 2 saturated carbocycles. The van der Waals surface area contributed by atoms with Crippen molar-refractivity contribution in [1.82, 2.24) is 5.32 Å². The van der Waals surface area contributed by atoms with E-state index in [1.54, 1.807) is 11.8 Å². The monoisotopic (exact) mass is 356 g/mol. The van der Waals surface area contributed by atoms with Gasteiger partial charge < -0.3 is 5.32 Å². The van der Waals surface area contributed by atoms with E-state index in [1.165, 1.54) is 19.3 Å². The Kier molecular flexibility index (Phi) is 6.00. The number of nitrogens with one attached hydrogen (secondary N) is 1. The molecule has 0 spiro atoms. The number of benzene rings is 1. The van der Waals surface area contributed by atoms with Crippen LogP contribution in [0.25, 0.3) is 0 Å². The first-order chi connectivity index (χ1) is 12.5. The van der Waals surface area contributed by atoms with E-state index in [1.807, 2.05) is 31.2 Å². The maximum absolute atomic E-state index is 13.5. The van der Waals surface area contributed by atoms with Crippen LogP contribution in [0.2, 0.25) is 0 Å². The highest BCUT2D eigenvalue weighted by molar-refractivity contribution is 6.02. The molecule has 4 nitrogen and oxygen atoms in total. The molecule has 0 bridgehead atoms. The van der Waals surface area contributed by atoms with Crippen LogP contribution in [-0.2, 0) is 9.59 Å². The molecule has 0 saturated heterocycles. The Hall–Kier alpha value is -1.84. The van der Waals surface area contributed by atoms with Crippen molar-refractivity contribution in [3.05, 3.63) is 29.8 Å². The minimum absolute atomic E-state index is 0.0467. The normalized spacial score (nSPS) is 20.4. The number of nitrogens with zero attached hydrogens (tertiary/aromatic N) is 1. The quantitative estimate of drug-likeness (QED) is 0.863. The highest BCUT2D eigenvalue weighted by Gasteiger charge is 2.47. The Balaban J connectivity index is 1.91. The third-order valence-electron chi connectivity index (χ3n) is 6.08. The van der Waals surface area contributed by atoms with Crippen LogP contribution < -0.4 is 10.2 Å². The van der Waals surface area contributed by atoms with Crippen LogP contribution >= 0.6 is 0 Å². The molecule has 4 heteroatoms. The lowest BCUT2D eigenvalue weighted by molar-refractivity contribution is -0.132. The highest BCUT2D eigenvalue weighted by atomic mass is 16.2. The Morgan fingerprint density at radius 1 is 0.962 bits per heavy atom. The van der Waals surface area contributed by atoms with Gasteiger partial charge in [-0.25, -0.2) is 0 Å². The molecule has 0 atom stereocenters. The molecule has 0 unspecified atom stereocenters. The van der Waals surface area contributed by atoms with E-state index in [4.69, 9.17) is 0 Å². The average Bonchev–Trinajstić information content (AvgIpc) is 2.65. The molecule has 1 N–H and O–H groups in total. The second-order valence-corrected chi connectivity index (χ2v) is 8.09. The van der Waals surface area contributed by atoms with E-state index in [9.17, 15) is 9.59 Å². The first kappa shape index (κ1) is 18.9. The summed E-state index contributed by atoms with van der Waals surface area (Å²) in [5.74, 6) is 0.00872. The lowest BCUT2D eigenvalue weighted by Gasteiger charge is -2.45. The first-order valence-corrected chi connectivity index (χ1v) is 10.2. The number of anilines is 1. The zero-order chi connectivity index (χ0) is 18.6. The highest BCUT2D eigenvalue weighted by Crippen LogP contribution is 2.38. The molecule has 0 aliphatic heterocycles. The van der Waals surface area contributed by atoms with Crippen molar-refractivity contribution in [2.24, 2.45) is 0 Å². The maximum atomic E-state index is 13.5. The molecule has 2 aliphatic rings. The zero-order valence-corrected chi connectivity index (χ0v) is 16.2. The van der Waals surface area contributed by atoms with E-state index < -0.39 is 5.54 Å². The Bertz CT molecular complexity index is 626. The van der Waals surface area contributed by atoms with E-state index in [0.29, 0.717) is 0 Å². The molecule has 3 rings (SSSR count). The van der Waals surface area contributed by atoms with Gasteiger partial charge in [0.25, 0.3) is 0 Å². The minimum atomic E-state index is -0.739. The van der Waals surface area contributed by atoms with Gasteiger partial charge in [0.05, 0.1) is 0 Å². The summed E-state index contributed by atoms with van der Waals surface area (Å²) in [6.45, 7) is 3.62. The molecule has 2 aliphatic carbocycles. The molecular weight excluding hydrogens is 324 g/mol. The summed E-state index contributed by atoms with van der Waals surface area (Å²) in [4.78, 5) is 27.9. The van der Waals surface area contributed by atoms with Crippen molar-refractivity contribution >= 4 is 17.5 Å². The van der Waals surface area contributed by atoms with Crippen LogP contribution in [0.1, 0.15) is 76.7 Å². The van der Waals surface area contributed by atoms with Gasteiger partial charge in [0.2, 0.25) is 11.8 Å². The Morgan fingerprint density at radius 2 is 1.54 bits per heavy atom. The molecule has 0 aromatic heterocycles. The van der Waals surface area contributed by atoms with E-state index >= 15 is 0 Å². The van der Waals surface area contributed by atoms with Gasteiger partial charge in [-0.15, -0.1) is 0 Å². The van der Waals surface area contributed by atoms with Gasteiger partial charge in [-0.1, -0.05) is 56.2 Å². The number of rotatable bonds is 4. The maximum Gasteiger partial charge on any atom is 0.246 e. The lowest BCUT2D eigenvalue weighted by atomic mass is 9.78. The fourth-order valence-electron chi connectivity index (χ4n) is 4.68. The molecule has 26 heavy (non-hydrogen) atoms. The van der Waals surface area contributed by atoms with Gasteiger partial charge in [-0.05, 0) is 44.7 Å². The van der Waals surface area contributed by atoms with E-state index in [0.717, 1.165) is 56.2 Å². The first-order valence-electron chi connectivity index (χ1n) is 10.2. The second kappa shape index (κ2) is 8.24. The zero-order valence-electron chi connectivity index (χ0n) is 16.2. The van der Waals surface area contributed by atoms with Crippen LogP contribution in [0, 0.1) is 6.92 Å². The van der Waals surface area contributed by atoms with Crippen molar-refractivity contribution in [3.63, 3.8) is 0 Å². The number of amides is 2. The number of carbonyl (C=O) groups is 2. The van der Waals surface area contributed by atoms with Gasteiger partial charge in [0, 0.05) is 18.7 Å². The predicted molar refractivity (Wildman–Crippen MR) is 105 cm³/mol. The van der Waals surface area contributed by atoms with Crippen molar-refractivity contribution in [3.8, 4) is 0 Å². The van der Waals surface area contributed by atoms with Crippen LogP contribution in [0.4, 0.5) is 5.69 Å². The summed E-state index contributed by atoms with van der Waals surface area (Å²) < 4.78 is 0. The second-order valence-electron chi connectivity index (χ2n) is 8.09. The molecule has 2 amide bonds. The van der Waals surface area contributed by atoms with Crippen LogP contribution in [-0.4, -0.2) is 23.4 Å². The minimum Gasteiger partial charge on any atom is -0.351 e. The molecule has 0 radical (unpaired) electrons.